The van der Waals surface area contributed by atoms with E-state index in [1.165, 1.54) is 6.42 Å². The molecule has 2 amide bonds. The number of morpholine rings is 1. The SMILES string of the molecule is CC1CCCN(C(=O)N2CCOC(CC(=O)O)C2)C1. The summed E-state index contributed by atoms with van der Waals surface area (Å²) in [7, 11) is 0. The van der Waals surface area contributed by atoms with Gasteiger partial charge in [-0.2, -0.15) is 0 Å². The summed E-state index contributed by atoms with van der Waals surface area (Å²) >= 11 is 0. The highest BCUT2D eigenvalue weighted by Gasteiger charge is 2.30. The van der Waals surface area contributed by atoms with Crippen LogP contribution in [0.1, 0.15) is 26.2 Å². The van der Waals surface area contributed by atoms with Gasteiger partial charge in [0, 0.05) is 26.2 Å². The lowest BCUT2D eigenvalue weighted by molar-refractivity contribution is -0.141. The van der Waals surface area contributed by atoms with Crippen LogP contribution in [0.15, 0.2) is 0 Å². The molecule has 0 saturated carbocycles. The Morgan fingerprint density at radius 2 is 2.00 bits per heavy atom. The van der Waals surface area contributed by atoms with Gasteiger partial charge in [-0.1, -0.05) is 6.92 Å². The molecule has 1 N–H and O–H groups in total. The van der Waals surface area contributed by atoms with Crippen LogP contribution in [-0.4, -0.2) is 65.8 Å². The highest BCUT2D eigenvalue weighted by atomic mass is 16.5. The molecule has 2 heterocycles. The van der Waals surface area contributed by atoms with Crippen molar-refractivity contribution in [1.82, 2.24) is 9.80 Å². The highest BCUT2D eigenvalue weighted by Crippen LogP contribution is 2.18. The third-order valence-corrected chi connectivity index (χ3v) is 3.74. The molecule has 0 aliphatic carbocycles. The van der Waals surface area contributed by atoms with E-state index in [4.69, 9.17) is 9.84 Å². The number of amides is 2. The molecule has 0 radical (unpaired) electrons. The molecule has 0 spiro atoms. The Balaban J connectivity index is 1.89. The maximum absolute atomic E-state index is 12.4. The molecule has 0 aromatic heterocycles. The Hall–Kier alpha value is -1.30. The van der Waals surface area contributed by atoms with Crippen molar-refractivity contribution >= 4 is 12.0 Å². The van der Waals surface area contributed by atoms with Crippen LogP contribution in [0.4, 0.5) is 4.79 Å². The minimum absolute atomic E-state index is 0.0326. The van der Waals surface area contributed by atoms with E-state index in [0.717, 1.165) is 19.5 Å². The van der Waals surface area contributed by atoms with E-state index < -0.39 is 5.97 Å². The largest absolute Gasteiger partial charge is 0.481 e. The molecule has 0 bridgehead atoms. The molecule has 0 aromatic carbocycles. The number of carbonyl (C=O) groups excluding carboxylic acids is 1. The lowest BCUT2D eigenvalue weighted by Crippen LogP contribution is -2.53. The van der Waals surface area contributed by atoms with Crippen molar-refractivity contribution < 1.29 is 19.4 Å². The predicted molar refractivity (Wildman–Crippen MR) is 68.9 cm³/mol. The number of nitrogens with zero attached hydrogens (tertiary/aromatic N) is 2. The average Bonchev–Trinajstić information content (AvgIpc) is 2.37. The summed E-state index contributed by atoms with van der Waals surface area (Å²) in [6.45, 7) is 5.14. The normalized spacial score (nSPS) is 28.3. The van der Waals surface area contributed by atoms with E-state index in [9.17, 15) is 9.59 Å². The summed E-state index contributed by atoms with van der Waals surface area (Å²) in [6.07, 6.45) is 1.81. The summed E-state index contributed by atoms with van der Waals surface area (Å²) in [4.78, 5) is 26.7. The molecule has 2 aliphatic rings. The summed E-state index contributed by atoms with van der Waals surface area (Å²) in [5, 5.41) is 8.78. The second-order valence-corrected chi connectivity index (χ2v) is 5.51. The van der Waals surface area contributed by atoms with Crippen molar-refractivity contribution in [3.63, 3.8) is 0 Å². The van der Waals surface area contributed by atoms with Crippen molar-refractivity contribution in [3.05, 3.63) is 0 Å². The van der Waals surface area contributed by atoms with Crippen molar-refractivity contribution in [2.45, 2.75) is 32.3 Å². The smallest absolute Gasteiger partial charge is 0.320 e. The number of carbonyl (C=O) groups is 2. The van der Waals surface area contributed by atoms with Crippen LogP contribution in [-0.2, 0) is 9.53 Å². The maximum atomic E-state index is 12.4. The second kappa shape index (κ2) is 6.23. The molecular formula is C13H22N2O4. The van der Waals surface area contributed by atoms with Crippen LogP contribution in [0, 0.1) is 5.92 Å². The van der Waals surface area contributed by atoms with Gasteiger partial charge in [0.15, 0.2) is 0 Å². The number of urea groups is 1. The van der Waals surface area contributed by atoms with Gasteiger partial charge in [0.05, 0.1) is 19.1 Å². The zero-order chi connectivity index (χ0) is 13.8. The lowest BCUT2D eigenvalue weighted by Gasteiger charge is -2.38. The molecule has 0 aromatic rings. The minimum atomic E-state index is -0.883. The number of hydrogen-bond acceptors (Lipinski definition) is 3. The van der Waals surface area contributed by atoms with E-state index >= 15 is 0 Å². The standard InChI is InChI=1S/C13H22N2O4/c1-10-3-2-4-14(8-10)13(18)15-5-6-19-11(9-15)7-12(16)17/h10-11H,2-9H2,1H3,(H,16,17). The predicted octanol–water partition coefficient (Wildman–Crippen LogP) is 1.01. The first kappa shape index (κ1) is 14.1. The summed E-state index contributed by atoms with van der Waals surface area (Å²) in [6, 6.07) is 0.0326. The number of likely N-dealkylation sites (tertiary alicyclic amines) is 1. The van der Waals surface area contributed by atoms with Gasteiger partial charge in [-0.15, -0.1) is 0 Å². The number of ether oxygens (including phenoxy) is 1. The van der Waals surface area contributed by atoms with Gasteiger partial charge in [-0.3, -0.25) is 4.79 Å². The zero-order valence-electron chi connectivity index (χ0n) is 11.4. The third-order valence-electron chi connectivity index (χ3n) is 3.74. The maximum Gasteiger partial charge on any atom is 0.320 e. The van der Waals surface area contributed by atoms with Gasteiger partial charge in [0.25, 0.3) is 0 Å². The number of aliphatic carboxylic acids is 1. The molecule has 2 rings (SSSR count). The van der Waals surface area contributed by atoms with Crippen molar-refractivity contribution in [1.29, 1.82) is 0 Å². The number of carboxylic acids is 1. The molecule has 108 valence electrons. The first-order valence-corrected chi connectivity index (χ1v) is 6.93. The molecule has 6 heteroatoms. The Labute approximate surface area is 113 Å². The molecule has 2 unspecified atom stereocenters. The molecule has 2 saturated heterocycles. The first-order valence-electron chi connectivity index (χ1n) is 6.93. The Bertz CT molecular complexity index is 348. The molecule has 2 fully saturated rings. The van der Waals surface area contributed by atoms with Crippen LogP contribution >= 0.6 is 0 Å². The topological polar surface area (TPSA) is 70.1 Å². The van der Waals surface area contributed by atoms with Gasteiger partial charge in [0.1, 0.15) is 0 Å². The van der Waals surface area contributed by atoms with E-state index in [0.29, 0.717) is 25.6 Å². The molecule has 2 atom stereocenters. The van der Waals surface area contributed by atoms with E-state index in [1.54, 1.807) is 4.90 Å². The van der Waals surface area contributed by atoms with Crippen LogP contribution in [0.2, 0.25) is 0 Å². The Kier molecular flexibility index (Phi) is 4.63. The van der Waals surface area contributed by atoms with Gasteiger partial charge in [0.2, 0.25) is 0 Å². The van der Waals surface area contributed by atoms with Gasteiger partial charge in [-0.25, -0.2) is 4.79 Å². The van der Waals surface area contributed by atoms with E-state index in [1.807, 2.05) is 4.90 Å². The van der Waals surface area contributed by atoms with Gasteiger partial charge in [-0.05, 0) is 18.8 Å². The van der Waals surface area contributed by atoms with Crippen LogP contribution in [0.5, 0.6) is 0 Å². The third kappa shape index (κ3) is 3.83. The summed E-state index contributed by atoms with van der Waals surface area (Å²) in [5.41, 5.74) is 0. The Morgan fingerprint density at radius 1 is 1.26 bits per heavy atom. The fraction of sp³-hybridized carbons (Fsp3) is 0.846. The van der Waals surface area contributed by atoms with Gasteiger partial charge < -0.3 is 19.6 Å². The Morgan fingerprint density at radius 3 is 2.68 bits per heavy atom. The minimum Gasteiger partial charge on any atom is -0.481 e. The number of piperidine rings is 1. The number of rotatable bonds is 2. The van der Waals surface area contributed by atoms with Crippen molar-refractivity contribution in [2.24, 2.45) is 5.92 Å². The fourth-order valence-corrected chi connectivity index (χ4v) is 2.77. The van der Waals surface area contributed by atoms with Gasteiger partial charge >= 0.3 is 12.0 Å². The monoisotopic (exact) mass is 270 g/mol. The zero-order valence-corrected chi connectivity index (χ0v) is 11.4. The average molecular weight is 270 g/mol. The van der Waals surface area contributed by atoms with E-state index in [2.05, 4.69) is 6.92 Å². The van der Waals surface area contributed by atoms with Crippen LogP contribution in [0.25, 0.3) is 0 Å². The molecular weight excluding hydrogens is 248 g/mol. The molecule has 19 heavy (non-hydrogen) atoms. The number of carboxylic acid groups (broad SMARTS) is 1. The summed E-state index contributed by atoms with van der Waals surface area (Å²) in [5.74, 6) is -0.334. The molecule has 2 aliphatic heterocycles. The number of hydrogen-bond donors (Lipinski definition) is 1. The first-order chi connectivity index (χ1) is 9.06. The van der Waals surface area contributed by atoms with Crippen LogP contribution < -0.4 is 0 Å². The summed E-state index contributed by atoms with van der Waals surface area (Å²) < 4.78 is 5.38. The van der Waals surface area contributed by atoms with Crippen molar-refractivity contribution in [2.75, 3.05) is 32.8 Å². The highest BCUT2D eigenvalue weighted by molar-refractivity contribution is 5.75. The second-order valence-electron chi connectivity index (χ2n) is 5.51. The quantitative estimate of drug-likeness (QED) is 0.813. The molecule has 6 nitrogen and oxygen atoms in total. The fourth-order valence-electron chi connectivity index (χ4n) is 2.77. The lowest BCUT2D eigenvalue weighted by atomic mass is 10.0. The van der Waals surface area contributed by atoms with Crippen LogP contribution in [0.3, 0.4) is 0 Å². The van der Waals surface area contributed by atoms with Crippen molar-refractivity contribution in [3.8, 4) is 0 Å². The van der Waals surface area contributed by atoms with E-state index in [-0.39, 0.29) is 18.6 Å².